The number of anilines is 1. The Kier molecular flexibility index (Phi) is 5.57. The van der Waals surface area contributed by atoms with Crippen LogP contribution in [0.5, 0.6) is 0 Å². The van der Waals surface area contributed by atoms with Gasteiger partial charge in [0.2, 0.25) is 0 Å². The van der Waals surface area contributed by atoms with Crippen LogP contribution in [0.1, 0.15) is 41.5 Å². The summed E-state index contributed by atoms with van der Waals surface area (Å²) >= 11 is 0. The van der Waals surface area contributed by atoms with Crippen molar-refractivity contribution in [2.24, 2.45) is 7.05 Å². The molecule has 0 saturated heterocycles. The maximum atomic E-state index is 12.4. The molecular formula is C17H22N4O3. The zero-order valence-corrected chi connectivity index (χ0v) is 14.3. The molecule has 2 rings (SSSR count). The van der Waals surface area contributed by atoms with Gasteiger partial charge in [-0.1, -0.05) is 6.07 Å². The Morgan fingerprint density at radius 2 is 2.12 bits per heavy atom. The second-order valence-electron chi connectivity index (χ2n) is 5.43. The van der Waals surface area contributed by atoms with Crippen molar-refractivity contribution in [1.82, 2.24) is 15.1 Å². The minimum Gasteiger partial charge on any atom is -0.450 e. The Balaban J connectivity index is 2.07. The molecule has 1 atom stereocenters. The summed E-state index contributed by atoms with van der Waals surface area (Å²) in [4.78, 5) is 23.9. The number of nitrogens with zero attached hydrogens (tertiary/aromatic N) is 2. The minimum absolute atomic E-state index is 0.173. The average molecular weight is 330 g/mol. The molecule has 0 aliphatic carbocycles. The fourth-order valence-electron chi connectivity index (χ4n) is 2.32. The largest absolute Gasteiger partial charge is 0.450 e. The smallest absolute Gasteiger partial charge is 0.411 e. The van der Waals surface area contributed by atoms with Gasteiger partial charge in [0.15, 0.2) is 0 Å². The first kappa shape index (κ1) is 17.5. The van der Waals surface area contributed by atoms with Crippen LogP contribution in [-0.2, 0) is 11.8 Å². The van der Waals surface area contributed by atoms with Gasteiger partial charge in [-0.05, 0) is 39.0 Å². The van der Waals surface area contributed by atoms with Crippen LogP contribution in [-0.4, -0.2) is 28.4 Å². The lowest BCUT2D eigenvalue weighted by Crippen LogP contribution is -2.27. The number of carbonyl (C=O) groups excluding carboxylic acids is 2. The number of hydrogen-bond donors (Lipinski definition) is 2. The Morgan fingerprint density at radius 3 is 2.75 bits per heavy atom. The van der Waals surface area contributed by atoms with Crippen molar-refractivity contribution in [1.29, 1.82) is 0 Å². The molecule has 0 spiro atoms. The summed E-state index contributed by atoms with van der Waals surface area (Å²) in [6.07, 6.45) is 1.20. The first-order chi connectivity index (χ1) is 11.4. The van der Waals surface area contributed by atoms with Crippen molar-refractivity contribution in [3.05, 3.63) is 47.3 Å². The van der Waals surface area contributed by atoms with E-state index in [0.717, 1.165) is 11.3 Å². The predicted molar refractivity (Wildman–Crippen MR) is 90.9 cm³/mol. The predicted octanol–water partition coefficient (Wildman–Crippen LogP) is 2.79. The highest BCUT2D eigenvalue weighted by Gasteiger charge is 2.16. The van der Waals surface area contributed by atoms with Gasteiger partial charge < -0.3 is 10.1 Å². The highest BCUT2D eigenvalue weighted by molar-refractivity contribution is 5.96. The van der Waals surface area contributed by atoms with Crippen molar-refractivity contribution in [2.45, 2.75) is 26.8 Å². The van der Waals surface area contributed by atoms with E-state index in [0.29, 0.717) is 11.3 Å². The lowest BCUT2D eigenvalue weighted by molar-refractivity contribution is 0.0939. The van der Waals surface area contributed by atoms with Gasteiger partial charge in [0.05, 0.1) is 18.8 Å². The standard InChI is InChI=1S/C17H22N4O3/c1-5-24-17(23)20-14-8-6-7-13(9-14)16(22)19-11(2)15-10-18-21(4)12(15)3/h6-11H,5H2,1-4H3,(H,19,22)(H,20,23)/t11-/m1/s1. The number of nitrogens with one attached hydrogen (secondary N) is 2. The molecule has 2 N–H and O–H groups in total. The van der Waals surface area contributed by atoms with E-state index in [1.54, 1.807) is 42.1 Å². The van der Waals surface area contributed by atoms with Crippen molar-refractivity contribution in [3.63, 3.8) is 0 Å². The van der Waals surface area contributed by atoms with Gasteiger partial charge in [-0.2, -0.15) is 5.10 Å². The first-order valence-corrected chi connectivity index (χ1v) is 7.75. The number of ether oxygens (including phenoxy) is 1. The van der Waals surface area contributed by atoms with E-state index in [9.17, 15) is 9.59 Å². The van der Waals surface area contributed by atoms with E-state index in [-0.39, 0.29) is 18.6 Å². The molecule has 128 valence electrons. The van der Waals surface area contributed by atoms with Crippen LogP contribution in [0.15, 0.2) is 30.5 Å². The SMILES string of the molecule is CCOC(=O)Nc1cccc(C(=O)N[C@H](C)c2cnn(C)c2C)c1. The van der Waals surface area contributed by atoms with E-state index in [4.69, 9.17) is 4.74 Å². The van der Waals surface area contributed by atoms with E-state index in [1.165, 1.54) is 0 Å². The number of hydrogen-bond acceptors (Lipinski definition) is 4. The molecule has 0 saturated carbocycles. The lowest BCUT2D eigenvalue weighted by Gasteiger charge is -2.14. The molecule has 1 aromatic carbocycles. The van der Waals surface area contributed by atoms with Crippen LogP contribution in [0.25, 0.3) is 0 Å². The summed E-state index contributed by atoms with van der Waals surface area (Å²) in [5, 5.41) is 9.70. The number of amides is 2. The zero-order valence-electron chi connectivity index (χ0n) is 14.3. The maximum Gasteiger partial charge on any atom is 0.411 e. The van der Waals surface area contributed by atoms with Gasteiger partial charge in [0.25, 0.3) is 5.91 Å². The van der Waals surface area contributed by atoms with Crippen molar-refractivity contribution in [3.8, 4) is 0 Å². The highest BCUT2D eigenvalue weighted by atomic mass is 16.5. The number of carbonyl (C=O) groups is 2. The molecule has 2 aromatic rings. The molecule has 0 fully saturated rings. The summed E-state index contributed by atoms with van der Waals surface area (Å²) < 4.78 is 6.59. The molecule has 0 radical (unpaired) electrons. The van der Waals surface area contributed by atoms with Gasteiger partial charge >= 0.3 is 6.09 Å². The molecule has 1 heterocycles. The molecule has 0 aliphatic rings. The second-order valence-corrected chi connectivity index (χ2v) is 5.43. The van der Waals surface area contributed by atoms with Gasteiger partial charge in [0, 0.05) is 29.6 Å². The fraction of sp³-hybridized carbons (Fsp3) is 0.353. The third kappa shape index (κ3) is 4.13. The van der Waals surface area contributed by atoms with E-state index in [2.05, 4.69) is 15.7 Å². The van der Waals surface area contributed by atoms with Gasteiger partial charge in [-0.15, -0.1) is 0 Å². The van der Waals surface area contributed by atoms with Crippen LogP contribution in [0.2, 0.25) is 0 Å². The van der Waals surface area contributed by atoms with Crippen LogP contribution in [0.4, 0.5) is 10.5 Å². The van der Waals surface area contributed by atoms with Crippen molar-refractivity contribution in [2.75, 3.05) is 11.9 Å². The quantitative estimate of drug-likeness (QED) is 0.883. The molecule has 0 aliphatic heterocycles. The summed E-state index contributed by atoms with van der Waals surface area (Å²) in [5.41, 5.74) is 2.93. The molecule has 0 unspecified atom stereocenters. The van der Waals surface area contributed by atoms with Crippen LogP contribution < -0.4 is 10.6 Å². The number of rotatable bonds is 5. The highest BCUT2D eigenvalue weighted by Crippen LogP contribution is 2.17. The lowest BCUT2D eigenvalue weighted by atomic mass is 10.1. The number of aromatic nitrogens is 2. The molecule has 7 nitrogen and oxygen atoms in total. The maximum absolute atomic E-state index is 12.4. The molecule has 1 aromatic heterocycles. The molecule has 7 heteroatoms. The van der Waals surface area contributed by atoms with Crippen LogP contribution in [0, 0.1) is 6.92 Å². The van der Waals surface area contributed by atoms with E-state index >= 15 is 0 Å². The van der Waals surface area contributed by atoms with Gasteiger partial charge in [0.1, 0.15) is 0 Å². The van der Waals surface area contributed by atoms with Crippen molar-refractivity contribution >= 4 is 17.7 Å². The third-order valence-corrected chi connectivity index (χ3v) is 3.73. The van der Waals surface area contributed by atoms with Crippen molar-refractivity contribution < 1.29 is 14.3 Å². The molecule has 0 bridgehead atoms. The van der Waals surface area contributed by atoms with Gasteiger partial charge in [-0.25, -0.2) is 4.79 Å². The summed E-state index contributed by atoms with van der Waals surface area (Å²) in [6, 6.07) is 6.52. The fourth-order valence-corrected chi connectivity index (χ4v) is 2.32. The summed E-state index contributed by atoms with van der Waals surface area (Å²) in [5.74, 6) is -0.224. The molecular weight excluding hydrogens is 308 g/mol. The normalized spacial score (nSPS) is 11.7. The Hall–Kier alpha value is -2.83. The van der Waals surface area contributed by atoms with Crippen LogP contribution >= 0.6 is 0 Å². The van der Waals surface area contributed by atoms with Crippen LogP contribution in [0.3, 0.4) is 0 Å². The summed E-state index contributed by atoms with van der Waals surface area (Å²) in [6.45, 7) is 5.87. The monoisotopic (exact) mass is 330 g/mol. The Morgan fingerprint density at radius 1 is 1.38 bits per heavy atom. The minimum atomic E-state index is -0.547. The first-order valence-electron chi connectivity index (χ1n) is 7.75. The number of benzene rings is 1. The Labute approximate surface area is 141 Å². The average Bonchev–Trinajstić information content (AvgIpc) is 2.87. The van der Waals surface area contributed by atoms with E-state index in [1.807, 2.05) is 20.9 Å². The third-order valence-electron chi connectivity index (χ3n) is 3.73. The Bertz CT molecular complexity index is 739. The zero-order chi connectivity index (χ0) is 17.7. The second kappa shape index (κ2) is 7.63. The number of aryl methyl sites for hydroxylation is 1. The topological polar surface area (TPSA) is 85.2 Å². The molecule has 24 heavy (non-hydrogen) atoms. The summed E-state index contributed by atoms with van der Waals surface area (Å²) in [7, 11) is 1.86. The van der Waals surface area contributed by atoms with Gasteiger partial charge in [-0.3, -0.25) is 14.8 Å². The molecule has 2 amide bonds. The van der Waals surface area contributed by atoms with E-state index < -0.39 is 6.09 Å².